The highest BCUT2D eigenvalue weighted by molar-refractivity contribution is 6.37. The summed E-state index contributed by atoms with van der Waals surface area (Å²) in [7, 11) is 0. The summed E-state index contributed by atoms with van der Waals surface area (Å²) >= 11 is 0. The van der Waals surface area contributed by atoms with Crippen LogP contribution in [0, 0.1) is 23.2 Å². The van der Waals surface area contributed by atoms with Gasteiger partial charge in [0, 0.05) is 18.5 Å². The standard InChI is InChI=1S/C30H47N5O6/c1-16(2)13-18(36)11-12-20(33-28(41)34-29(3,4)5)27(40)35-15-19-22(30(19,6)7)23(35)26(39)32-21(24(37)25(31)38)14-17-9-8-10-17/h13,17,19-23H,8-12,14-15H2,1-7H3,(H2,31,38)(H,32,39)(H2,33,34,41)/t19?,20-,21?,22?,23-/m0/s1. The highest BCUT2D eigenvalue weighted by Crippen LogP contribution is 2.65. The van der Waals surface area contributed by atoms with E-state index in [1.54, 1.807) is 13.8 Å². The van der Waals surface area contributed by atoms with Crippen LogP contribution in [0.5, 0.6) is 0 Å². The lowest BCUT2D eigenvalue weighted by atomic mass is 9.80. The molecule has 1 aliphatic heterocycles. The zero-order valence-corrected chi connectivity index (χ0v) is 25.5. The van der Waals surface area contributed by atoms with Crippen molar-refractivity contribution in [3.63, 3.8) is 0 Å². The summed E-state index contributed by atoms with van der Waals surface area (Å²) in [5, 5.41) is 8.26. The monoisotopic (exact) mass is 573 g/mol. The first-order valence-electron chi connectivity index (χ1n) is 14.6. The van der Waals surface area contributed by atoms with E-state index in [-0.39, 0.29) is 41.8 Å². The summed E-state index contributed by atoms with van der Waals surface area (Å²) in [6, 6.07) is -3.52. The van der Waals surface area contributed by atoms with Gasteiger partial charge >= 0.3 is 6.03 Å². The van der Waals surface area contributed by atoms with Gasteiger partial charge in [-0.2, -0.15) is 0 Å². The molecule has 5 amide bonds. The third kappa shape index (κ3) is 7.95. The van der Waals surface area contributed by atoms with Gasteiger partial charge in [-0.25, -0.2) is 4.79 Å². The van der Waals surface area contributed by atoms with Crippen LogP contribution in [0.1, 0.15) is 87.0 Å². The number of amides is 5. The predicted molar refractivity (Wildman–Crippen MR) is 153 cm³/mol. The second-order valence-electron chi connectivity index (χ2n) is 13.8. The van der Waals surface area contributed by atoms with Crippen LogP contribution >= 0.6 is 0 Å². The second kappa shape index (κ2) is 12.3. The molecule has 3 unspecified atom stereocenters. The Hall–Kier alpha value is -3.24. The summed E-state index contributed by atoms with van der Waals surface area (Å²) in [6.45, 7) is 13.4. The minimum Gasteiger partial charge on any atom is -0.363 e. The fourth-order valence-electron chi connectivity index (χ4n) is 6.21. The number of carbonyl (C=O) groups excluding carboxylic acids is 6. The number of allylic oxidation sites excluding steroid dienone is 2. The molecule has 0 bridgehead atoms. The predicted octanol–water partition coefficient (Wildman–Crippen LogP) is 1.98. The highest BCUT2D eigenvalue weighted by Gasteiger charge is 2.69. The van der Waals surface area contributed by atoms with E-state index in [4.69, 9.17) is 5.73 Å². The number of piperidine rings is 1. The number of rotatable bonds is 12. The van der Waals surface area contributed by atoms with Gasteiger partial charge in [0.15, 0.2) is 5.78 Å². The Morgan fingerprint density at radius 2 is 1.66 bits per heavy atom. The van der Waals surface area contributed by atoms with Gasteiger partial charge in [-0.05, 0) is 76.7 Å². The van der Waals surface area contributed by atoms with E-state index >= 15 is 0 Å². The Morgan fingerprint density at radius 3 is 2.17 bits per heavy atom. The van der Waals surface area contributed by atoms with Gasteiger partial charge in [-0.15, -0.1) is 0 Å². The zero-order chi connectivity index (χ0) is 30.9. The smallest absolute Gasteiger partial charge is 0.315 e. The summed E-state index contributed by atoms with van der Waals surface area (Å²) in [6.07, 6.45) is 4.80. The average molecular weight is 574 g/mol. The molecule has 3 rings (SSSR count). The molecule has 0 aromatic heterocycles. The molecule has 0 spiro atoms. The molecule has 41 heavy (non-hydrogen) atoms. The third-order valence-corrected chi connectivity index (χ3v) is 8.65. The fourth-order valence-corrected chi connectivity index (χ4v) is 6.21. The van der Waals surface area contributed by atoms with Gasteiger partial charge < -0.3 is 26.6 Å². The van der Waals surface area contributed by atoms with E-state index in [0.29, 0.717) is 13.0 Å². The van der Waals surface area contributed by atoms with Crippen molar-refractivity contribution in [1.82, 2.24) is 20.9 Å². The number of nitrogens with one attached hydrogen (secondary N) is 3. The van der Waals surface area contributed by atoms with Crippen molar-refractivity contribution < 1.29 is 28.8 Å². The van der Waals surface area contributed by atoms with Crippen LogP contribution in [-0.2, 0) is 24.0 Å². The minimum atomic E-state index is -1.10. The Labute approximate surface area is 242 Å². The lowest BCUT2D eigenvalue weighted by molar-refractivity contribution is -0.144. The molecule has 0 radical (unpaired) electrons. The van der Waals surface area contributed by atoms with Gasteiger partial charge in [0.05, 0.1) is 6.04 Å². The van der Waals surface area contributed by atoms with E-state index in [9.17, 15) is 28.8 Å². The molecule has 2 aliphatic carbocycles. The van der Waals surface area contributed by atoms with Crippen molar-refractivity contribution in [3.05, 3.63) is 11.6 Å². The SMILES string of the molecule is CC(C)=CC(=O)CC[C@H](NC(=O)NC(C)(C)C)C(=O)N1CC2C([C@H]1C(=O)NC(CC1CCC1)C(=O)C(N)=O)C2(C)C. The Bertz CT molecular complexity index is 1110. The number of likely N-dealkylation sites (tertiary alicyclic amines) is 1. The van der Waals surface area contributed by atoms with Crippen LogP contribution in [0.2, 0.25) is 0 Å². The molecule has 228 valence electrons. The van der Waals surface area contributed by atoms with E-state index in [2.05, 4.69) is 16.0 Å². The first-order valence-corrected chi connectivity index (χ1v) is 14.6. The molecule has 0 aromatic carbocycles. The number of Topliss-reactive ketones (excluding diaryl/α,β-unsaturated/α-hetero) is 1. The van der Waals surface area contributed by atoms with E-state index in [1.807, 2.05) is 34.6 Å². The number of hydrogen-bond donors (Lipinski definition) is 4. The van der Waals surface area contributed by atoms with Crippen LogP contribution in [0.25, 0.3) is 0 Å². The summed E-state index contributed by atoms with van der Waals surface area (Å²) in [4.78, 5) is 78.8. The number of ketones is 2. The number of hydrogen-bond acceptors (Lipinski definition) is 6. The van der Waals surface area contributed by atoms with Crippen molar-refractivity contribution in [2.75, 3.05) is 6.54 Å². The summed E-state index contributed by atoms with van der Waals surface area (Å²) in [5.74, 6) is -2.93. The van der Waals surface area contributed by atoms with Crippen molar-refractivity contribution in [3.8, 4) is 0 Å². The maximum absolute atomic E-state index is 14.0. The molecule has 11 nitrogen and oxygen atoms in total. The summed E-state index contributed by atoms with van der Waals surface area (Å²) < 4.78 is 0. The number of primary amides is 1. The molecular formula is C30H47N5O6. The Balaban J connectivity index is 1.83. The molecule has 1 heterocycles. The first-order chi connectivity index (χ1) is 18.9. The highest BCUT2D eigenvalue weighted by atomic mass is 16.2. The number of urea groups is 1. The van der Waals surface area contributed by atoms with E-state index < -0.39 is 53.2 Å². The van der Waals surface area contributed by atoms with Gasteiger partial charge in [0.1, 0.15) is 12.1 Å². The molecule has 2 saturated carbocycles. The molecule has 3 aliphatic rings. The topological polar surface area (TPSA) is 168 Å². The minimum absolute atomic E-state index is 0.0387. The Morgan fingerprint density at radius 1 is 1.02 bits per heavy atom. The first kappa shape index (κ1) is 32.3. The van der Waals surface area contributed by atoms with Gasteiger partial charge in [0.2, 0.25) is 17.6 Å². The van der Waals surface area contributed by atoms with Gasteiger partial charge in [-0.1, -0.05) is 38.7 Å². The molecule has 5 N–H and O–H groups in total. The summed E-state index contributed by atoms with van der Waals surface area (Å²) in [5.41, 5.74) is 5.37. The third-order valence-electron chi connectivity index (χ3n) is 8.65. The maximum Gasteiger partial charge on any atom is 0.315 e. The number of nitrogens with zero attached hydrogens (tertiary/aromatic N) is 1. The van der Waals surface area contributed by atoms with Crippen LogP contribution in [0.4, 0.5) is 4.79 Å². The fraction of sp³-hybridized carbons (Fsp3) is 0.733. The van der Waals surface area contributed by atoms with Crippen molar-refractivity contribution in [2.24, 2.45) is 28.9 Å². The molecule has 11 heteroatoms. The lowest BCUT2D eigenvalue weighted by Crippen LogP contribution is -2.59. The molecule has 1 saturated heterocycles. The maximum atomic E-state index is 14.0. The quantitative estimate of drug-likeness (QED) is 0.206. The van der Waals surface area contributed by atoms with Gasteiger partial charge in [-0.3, -0.25) is 24.0 Å². The van der Waals surface area contributed by atoms with Gasteiger partial charge in [0.25, 0.3) is 5.91 Å². The van der Waals surface area contributed by atoms with Crippen LogP contribution in [-0.4, -0.2) is 70.4 Å². The zero-order valence-electron chi connectivity index (χ0n) is 25.5. The van der Waals surface area contributed by atoms with Crippen LogP contribution in [0.3, 0.4) is 0 Å². The number of carbonyl (C=O) groups is 6. The van der Waals surface area contributed by atoms with Crippen LogP contribution in [0.15, 0.2) is 11.6 Å². The van der Waals surface area contributed by atoms with Crippen molar-refractivity contribution >= 4 is 35.3 Å². The molecule has 3 fully saturated rings. The van der Waals surface area contributed by atoms with Crippen molar-refractivity contribution in [1.29, 1.82) is 0 Å². The Kier molecular flexibility index (Phi) is 9.70. The molecule has 5 atom stereocenters. The molecule has 0 aromatic rings. The van der Waals surface area contributed by atoms with Crippen LogP contribution < -0.4 is 21.7 Å². The second-order valence-corrected chi connectivity index (χ2v) is 13.8. The lowest BCUT2D eigenvalue weighted by Gasteiger charge is -2.35. The average Bonchev–Trinajstić information content (AvgIpc) is 3.13. The number of fused-ring (bicyclic) bond motifs is 1. The normalized spacial score (nSPS) is 24.2. The van der Waals surface area contributed by atoms with E-state index in [1.165, 1.54) is 11.0 Å². The molecular weight excluding hydrogens is 526 g/mol. The van der Waals surface area contributed by atoms with Crippen molar-refractivity contribution in [2.45, 2.75) is 111 Å². The number of nitrogens with two attached hydrogens (primary N) is 1. The van der Waals surface area contributed by atoms with E-state index in [0.717, 1.165) is 24.8 Å². The largest absolute Gasteiger partial charge is 0.363 e.